The molecule has 0 fully saturated rings. The van der Waals surface area contributed by atoms with Gasteiger partial charge in [-0.15, -0.1) is 0 Å². The fourth-order valence-electron chi connectivity index (χ4n) is 2.34. The third-order valence-corrected chi connectivity index (χ3v) is 3.27. The van der Waals surface area contributed by atoms with Gasteiger partial charge < -0.3 is 10.5 Å². The highest BCUT2D eigenvalue weighted by Gasteiger charge is 2.23. The lowest BCUT2D eigenvalue weighted by Crippen LogP contribution is -2.39. The number of nitrogens with two attached hydrogens (primary N) is 1. The lowest BCUT2D eigenvalue weighted by Gasteiger charge is -2.34. The summed E-state index contributed by atoms with van der Waals surface area (Å²) in [4.78, 5) is 2.25. The van der Waals surface area contributed by atoms with E-state index in [0.29, 0.717) is 25.6 Å². The second kappa shape index (κ2) is 7.78. The molecule has 1 unspecified atom stereocenters. The summed E-state index contributed by atoms with van der Waals surface area (Å²) in [6.07, 6.45) is 0.504. The van der Waals surface area contributed by atoms with Crippen LogP contribution in [0.2, 0.25) is 0 Å². The third-order valence-electron chi connectivity index (χ3n) is 3.27. The minimum atomic E-state index is 0.0736. The first-order chi connectivity index (χ1) is 9.15. The third kappa shape index (κ3) is 3.95. The summed E-state index contributed by atoms with van der Waals surface area (Å²) >= 11 is 0. The molecule has 1 aromatic rings. The molecule has 0 bridgehead atoms. The van der Waals surface area contributed by atoms with Gasteiger partial charge >= 0.3 is 0 Å². The second-order valence-electron chi connectivity index (χ2n) is 4.73. The van der Waals surface area contributed by atoms with Gasteiger partial charge in [0.2, 0.25) is 0 Å². The van der Waals surface area contributed by atoms with E-state index >= 15 is 0 Å². The number of rotatable bonds is 7. The molecule has 0 amide bonds. The number of methoxy groups -OCH3 is 1. The van der Waals surface area contributed by atoms with Gasteiger partial charge in [0.25, 0.3) is 0 Å². The zero-order valence-corrected chi connectivity index (χ0v) is 12.0. The van der Waals surface area contributed by atoms with Crippen molar-refractivity contribution in [3.63, 3.8) is 0 Å². The summed E-state index contributed by atoms with van der Waals surface area (Å²) in [5, 5.41) is 8.79. The standard InChI is InChI=1S/C15H23N3O/c1-12(2)18(10-6-9-16)14(11-17)13-7-4-5-8-15(13)19-3/h4-5,7-8,12,14H,6,10-11,17H2,1-3H3. The maximum Gasteiger partial charge on any atom is 0.123 e. The molecule has 0 heterocycles. The van der Waals surface area contributed by atoms with E-state index in [4.69, 9.17) is 15.7 Å². The van der Waals surface area contributed by atoms with E-state index in [1.54, 1.807) is 7.11 Å². The maximum atomic E-state index is 8.79. The Hall–Kier alpha value is -1.57. The van der Waals surface area contributed by atoms with Gasteiger partial charge in [0.1, 0.15) is 5.75 Å². The number of hydrogen-bond donors (Lipinski definition) is 1. The monoisotopic (exact) mass is 261 g/mol. The van der Waals surface area contributed by atoms with Gasteiger partial charge in [0.05, 0.1) is 19.2 Å². The number of nitriles is 1. The average molecular weight is 261 g/mol. The summed E-state index contributed by atoms with van der Waals surface area (Å²) in [6, 6.07) is 10.5. The summed E-state index contributed by atoms with van der Waals surface area (Å²) in [7, 11) is 1.67. The van der Waals surface area contributed by atoms with Crippen LogP contribution >= 0.6 is 0 Å². The van der Waals surface area contributed by atoms with Gasteiger partial charge in [-0.1, -0.05) is 18.2 Å². The van der Waals surface area contributed by atoms with E-state index in [-0.39, 0.29) is 6.04 Å². The number of para-hydroxylation sites is 1. The number of nitrogens with zero attached hydrogens (tertiary/aromatic N) is 2. The lowest BCUT2D eigenvalue weighted by molar-refractivity contribution is 0.158. The van der Waals surface area contributed by atoms with Crippen LogP contribution in [0.3, 0.4) is 0 Å². The molecule has 0 spiro atoms. The van der Waals surface area contributed by atoms with Crippen LogP contribution in [-0.2, 0) is 0 Å². The first-order valence-corrected chi connectivity index (χ1v) is 6.61. The smallest absolute Gasteiger partial charge is 0.123 e. The van der Waals surface area contributed by atoms with Crippen molar-refractivity contribution in [1.82, 2.24) is 4.90 Å². The highest BCUT2D eigenvalue weighted by Crippen LogP contribution is 2.29. The van der Waals surface area contributed by atoms with Gasteiger partial charge in [-0.3, -0.25) is 4.90 Å². The SMILES string of the molecule is COc1ccccc1C(CN)N(CCC#N)C(C)C. The van der Waals surface area contributed by atoms with Crippen molar-refractivity contribution in [2.24, 2.45) is 5.73 Å². The Kier molecular flexibility index (Phi) is 6.34. The molecule has 0 aliphatic rings. The first-order valence-electron chi connectivity index (χ1n) is 6.61. The molecular formula is C15H23N3O. The average Bonchev–Trinajstić information content (AvgIpc) is 2.43. The van der Waals surface area contributed by atoms with E-state index < -0.39 is 0 Å². The van der Waals surface area contributed by atoms with Crippen LogP contribution in [0.15, 0.2) is 24.3 Å². The molecule has 0 saturated heterocycles. The minimum absolute atomic E-state index is 0.0736. The van der Waals surface area contributed by atoms with Crippen molar-refractivity contribution in [1.29, 1.82) is 5.26 Å². The predicted molar refractivity (Wildman–Crippen MR) is 76.9 cm³/mol. The molecule has 0 aromatic heterocycles. The van der Waals surface area contributed by atoms with Gasteiger partial charge in [-0.05, 0) is 19.9 Å². The van der Waals surface area contributed by atoms with Crippen LogP contribution in [0.5, 0.6) is 5.75 Å². The Morgan fingerprint density at radius 3 is 2.58 bits per heavy atom. The van der Waals surface area contributed by atoms with Crippen LogP contribution in [-0.4, -0.2) is 31.1 Å². The van der Waals surface area contributed by atoms with Crippen LogP contribution in [0, 0.1) is 11.3 Å². The number of hydrogen-bond acceptors (Lipinski definition) is 4. The second-order valence-corrected chi connectivity index (χ2v) is 4.73. The van der Waals surface area contributed by atoms with Crippen LogP contribution in [0.4, 0.5) is 0 Å². The molecule has 0 aliphatic carbocycles. The predicted octanol–water partition coefficient (Wildman–Crippen LogP) is 2.32. The van der Waals surface area contributed by atoms with E-state index in [1.165, 1.54) is 0 Å². The molecule has 19 heavy (non-hydrogen) atoms. The highest BCUT2D eigenvalue weighted by molar-refractivity contribution is 5.36. The van der Waals surface area contributed by atoms with Gasteiger partial charge in [0.15, 0.2) is 0 Å². The molecule has 2 N–H and O–H groups in total. The normalized spacial score (nSPS) is 12.5. The quantitative estimate of drug-likeness (QED) is 0.818. The number of benzene rings is 1. The van der Waals surface area contributed by atoms with Crippen LogP contribution in [0.1, 0.15) is 31.9 Å². The molecule has 1 aromatic carbocycles. The molecule has 104 valence electrons. The van der Waals surface area contributed by atoms with Crippen molar-refractivity contribution in [2.75, 3.05) is 20.2 Å². The van der Waals surface area contributed by atoms with Crippen molar-refractivity contribution in [2.45, 2.75) is 32.4 Å². The van der Waals surface area contributed by atoms with Gasteiger partial charge in [-0.2, -0.15) is 5.26 Å². The largest absolute Gasteiger partial charge is 0.496 e. The molecule has 0 radical (unpaired) electrons. The summed E-state index contributed by atoms with van der Waals surface area (Å²) in [5.74, 6) is 0.848. The Labute approximate surface area is 115 Å². The Bertz CT molecular complexity index is 426. The first kappa shape index (κ1) is 15.5. The number of ether oxygens (including phenoxy) is 1. The van der Waals surface area contributed by atoms with Crippen molar-refractivity contribution in [3.8, 4) is 11.8 Å². The summed E-state index contributed by atoms with van der Waals surface area (Å²) in [6.45, 7) is 5.46. The van der Waals surface area contributed by atoms with E-state index in [9.17, 15) is 0 Å². The van der Waals surface area contributed by atoms with Gasteiger partial charge in [0, 0.05) is 31.1 Å². The topological polar surface area (TPSA) is 62.3 Å². The summed E-state index contributed by atoms with van der Waals surface area (Å²) < 4.78 is 5.42. The van der Waals surface area contributed by atoms with Crippen molar-refractivity contribution < 1.29 is 4.74 Å². The maximum absolute atomic E-state index is 8.79. The van der Waals surface area contributed by atoms with E-state index in [1.807, 2.05) is 24.3 Å². The fourth-order valence-corrected chi connectivity index (χ4v) is 2.34. The molecule has 4 nitrogen and oxygen atoms in total. The van der Waals surface area contributed by atoms with E-state index in [2.05, 4.69) is 24.8 Å². The zero-order chi connectivity index (χ0) is 14.3. The molecule has 4 heteroatoms. The lowest BCUT2D eigenvalue weighted by atomic mass is 10.0. The van der Waals surface area contributed by atoms with Crippen LogP contribution < -0.4 is 10.5 Å². The molecule has 1 atom stereocenters. The van der Waals surface area contributed by atoms with Crippen molar-refractivity contribution >= 4 is 0 Å². The summed E-state index contributed by atoms with van der Waals surface area (Å²) in [5.41, 5.74) is 7.04. The van der Waals surface area contributed by atoms with Gasteiger partial charge in [-0.25, -0.2) is 0 Å². The Balaban J connectivity index is 3.05. The van der Waals surface area contributed by atoms with Crippen LogP contribution in [0.25, 0.3) is 0 Å². The molecule has 0 aliphatic heterocycles. The van der Waals surface area contributed by atoms with Crippen molar-refractivity contribution in [3.05, 3.63) is 29.8 Å². The Morgan fingerprint density at radius 1 is 1.37 bits per heavy atom. The van der Waals surface area contributed by atoms with E-state index in [0.717, 1.165) is 11.3 Å². The fraction of sp³-hybridized carbons (Fsp3) is 0.533. The molecular weight excluding hydrogens is 238 g/mol. The molecule has 1 rings (SSSR count). The highest BCUT2D eigenvalue weighted by atomic mass is 16.5. The minimum Gasteiger partial charge on any atom is -0.496 e. The zero-order valence-electron chi connectivity index (χ0n) is 12.0. The Morgan fingerprint density at radius 2 is 2.05 bits per heavy atom. The molecule has 0 saturated carbocycles.